The summed E-state index contributed by atoms with van der Waals surface area (Å²) in [5, 5.41) is 16.1. The topological polar surface area (TPSA) is 98.5 Å². The second-order valence-electron chi connectivity index (χ2n) is 4.59. The van der Waals surface area contributed by atoms with Crippen molar-refractivity contribution in [1.29, 1.82) is 0 Å². The second kappa shape index (κ2) is 5.40. The molecule has 0 amide bonds. The minimum atomic E-state index is -1.06. The van der Waals surface area contributed by atoms with Crippen LogP contribution < -0.4 is 14.8 Å². The number of carboxylic acid groups (broad SMARTS) is 1. The van der Waals surface area contributed by atoms with Gasteiger partial charge in [0.25, 0.3) is 0 Å². The Hall–Kier alpha value is -3.03. The first-order chi connectivity index (χ1) is 10.6. The van der Waals surface area contributed by atoms with E-state index in [2.05, 4.69) is 15.4 Å². The maximum absolute atomic E-state index is 11.3. The summed E-state index contributed by atoms with van der Waals surface area (Å²) in [5.74, 6) is 0.527. The highest BCUT2D eigenvalue weighted by atomic mass is 16.5. The Morgan fingerprint density at radius 3 is 2.86 bits per heavy atom. The number of fused-ring (bicyclic) bond motifs is 1. The molecular weight excluding hydrogens is 288 g/mol. The summed E-state index contributed by atoms with van der Waals surface area (Å²) >= 11 is 0. The van der Waals surface area contributed by atoms with E-state index >= 15 is 0 Å². The minimum absolute atomic E-state index is 0.0448. The smallest absolute Gasteiger partial charge is 0.352 e. The van der Waals surface area contributed by atoms with Crippen LogP contribution in [0.15, 0.2) is 36.3 Å². The molecular formula is C14H14N4O4. The Morgan fingerprint density at radius 2 is 2.18 bits per heavy atom. The first kappa shape index (κ1) is 13.9. The van der Waals surface area contributed by atoms with Gasteiger partial charge in [-0.15, -0.1) is 0 Å². The van der Waals surface area contributed by atoms with Gasteiger partial charge in [0, 0.05) is 11.6 Å². The van der Waals surface area contributed by atoms with Crippen LogP contribution in [-0.2, 0) is 4.79 Å². The summed E-state index contributed by atoms with van der Waals surface area (Å²) in [4.78, 5) is 15.3. The molecule has 2 N–H and O–H groups in total. The predicted octanol–water partition coefficient (Wildman–Crippen LogP) is 1.28. The van der Waals surface area contributed by atoms with Gasteiger partial charge in [-0.3, -0.25) is 0 Å². The van der Waals surface area contributed by atoms with Gasteiger partial charge in [0.05, 0.1) is 14.2 Å². The van der Waals surface area contributed by atoms with Crippen molar-refractivity contribution in [2.75, 3.05) is 19.5 Å². The zero-order valence-electron chi connectivity index (χ0n) is 12.0. The molecule has 1 aliphatic rings. The lowest BCUT2D eigenvalue weighted by Gasteiger charge is -2.24. The van der Waals surface area contributed by atoms with Crippen molar-refractivity contribution in [2.45, 2.75) is 6.04 Å². The van der Waals surface area contributed by atoms with Crippen molar-refractivity contribution in [3.63, 3.8) is 0 Å². The average Bonchev–Trinajstić information content (AvgIpc) is 3.01. The molecule has 2 heterocycles. The number of hydrogen-bond donors (Lipinski definition) is 2. The van der Waals surface area contributed by atoms with Crippen LogP contribution in [0.2, 0.25) is 0 Å². The number of nitrogens with one attached hydrogen (secondary N) is 1. The highest BCUT2D eigenvalue weighted by Crippen LogP contribution is 2.35. The second-order valence-corrected chi connectivity index (χ2v) is 4.59. The third-order valence-corrected chi connectivity index (χ3v) is 3.40. The molecule has 1 aromatic carbocycles. The van der Waals surface area contributed by atoms with Crippen LogP contribution >= 0.6 is 0 Å². The fraction of sp³-hybridized carbons (Fsp3) is 0.214. The summed E-state index contributed by atoms with van der Waals surface area (Å²) in [6, 6.07) is 4.90. The highest BCUT2D eigenvalue weighted by molar-refractivity contribution is 5.90. The van der Waals surface area contributed by atoms with Crippen LogP contribution in [0.3, 0.4) is 0 Å². The van der Waals surface area contributed by atoms with Crippen molar-refractivity contribution in [3.05, 3.63) is 41.9 Å². The fourth-order valence-electron chi connectivity index (χ4n) is 2.34. The minimum Gasteiger partial charge on any atom is -0.497 e. The SMILES string of the molecule is COc1ccc([C@@H]2C=C(C(=O)O)Nc3ncnn32)c(OC)c1. The number of ether oxygens (including phenoxy) is 2. The Balaban J connectivity index is 2.13. The van der Waals surface area contributed by atoms with Gasteiger partial charge in [-0.2, -0.15) is 10.1 Å². The van der Waals surface area contributed by atoms with Gasteiger partial charge in [-0.25, -0.2) is 9.48 Å². The van der Waals surface area contributed by atoms with Crippen molar-refractivity contribution < 1.29 is 19.4 Å². The quantitative estimate of drug-likeness (QED) is 0.877. The molecule has 3 rings (SSSR count). The molecule has 0 saturated carbocycles. The lowest BCUT2D eigenvalue weighted by Crippen LogP contribution is -2.24. The summed E-state index contributed by atoms with van der Waals surface area (Å²) in [6.45, 7) is 0. The molecule has 0 bridgehead atoms. The Kier molecular flexibility index (Phi) is 3.42. The van der Waals surface area contributed by atoms with Gasteiger partial charge in [0.1, 0.15) is 29.6 Å². The van der Waals surface area contributed by atoms with Crippen molar-refractivity contribution >= 4 is 11.9 Å². The van der Waals surface area contributed by atoms with Crippen LogP contribution in [0.5, 0.6) is 11.5 Å². The molecule has 1 aliphatic heterocycles. The molecule has 1 atom stereocenters. The third kappa shape index (κ3) is 2.24. The van der Waals surface area contributed by atoms with Gasteiger partial charge in [0.15, 0.2) is 0 Å². The van der Waals surface area contributed by atoms with E-state index in [1.165, 1.54) is 6.33 Å². The zero-order valence-corrected chi connectivity index (χ0v) is 12.0. The Labute approximate surface area is 126 Å². The van der Waals surface area contributed by atoms with E-state index in [4.69, 9.17) is 9.47 Å². The van der Waals surface area contributed by atoms with E-state index in [-0.39, 0.29) is 5.70 Å². The Bertz CT molecular complexity index is 753. The van der Waals surface area contributed by atoms with E-state index in [0.717, 1.165) is 5.56 Å². The molecule has 0 saturated heterocycles. The molecule has 0 unspecified atom stereocenters. The number of methoxy groups -OCH3 is 2. The maximum atomic E-state index is 11.3. The number of anilines is 1. The lowest BCUT2D eigenvalue weighted by molar-refractivity contribution is -0.132. The normalized spacial score (nSPS) is 16.3. The lowest BCUT2D eigenvalue weighted by atomic mass is 10.0. The monoisotopic (exact) mass is 302 g/mol. The molecule has 0 spiro atoms. The summed E-state index contributed by atoms with van der Waals surface area (Å²) < 4.78 is 12.2. The first-order valence-corrected chi connectivity index (χ1v) is 6.47. The third-order valence-electron chi connectivity index (χ3n) is 3.40. The van der Waals surface area contributed by atoms with Gasteiger partial charge in [-0.05, 0) is 18.2 Å². The van der Waals surface area contributed by atoms with Crippen LogP contribution in [-0.4, -0.2) is 40.1 Å². The van der Waals surface area contributed by atoms with Gasteiger partial charge in [-0.1, -0.05) is 0 Å². The average molecular weight is 302 g/mol. The molecule has 8 nitrogen and oxygen atoms in total. The molecule has 1 aromatic heterocycles. The standard InChI is InChI=1S/C14H14N4O4/c1-21-8-3-4-9(12(5-8)22-2)11-6-10(13(19)20)17-14-15-7-16-18(11)14/h3-7,11H,1-2H3,(H,19,20)(H,15,16,17)/t11-/m0/s1. The largest absolute Gasteiger partial charge is 0.497 e. The molecule has 0 aliphatic carbocycles. The van der Waals surface area contributed by atoms with Crippen LogP contribution in [0.25, 0.3) is 0 Å². The van der Waals surface area contributed by atoms with Crippen LogP contribution in [0.1, 0.15) is 11.6 Å². The van der Waals surface area contributed by atoms with Crippen LogP contribution in [0, 0.1) is 0 Å². The molecule has 22 heavy (non-hydrogen) atoms. The highest BCUT2D eigenvalue weighted by Gasteiger charge is 2.27. The number of aliphatic carboxylic acids is 1. The summed E-state index contributed by atoms with van der Waals surface area (Å²) in [5.41, 5.74) is 0.804. The number of rotatable bonds is 4. The number of allylic oxidation sites excluding steroid dienone is 1. The molecule has 8 heteroatoms. The summed E-state index contributed by atoms with van der Waals surface area (Å²) in [6.07, 6.45) is 2.93. The Morgan fingerprint density at radius 1 is 1.36 bits per heavy atom. The number of hydrogen-bond acceptors (Lipinski definition) is 6. The first-order valence-electron chi connectivity index (χ1n) is 6.47. The fourth-order valence-corrected chi connectivity index (χ4v) is 2.34. The zero-order chi connectivity index (χ0) is 15.7. The summed E-state index contributed by atoms with van der Waals surface area (Å²) in [7, 11) is 3.11. The van der Waals surface area contributed by atoms with Gasteiger partial charge >= 0.3 is 5.97 Å². The van der Waals surface area contributed by atoms with Gasteiger partial charge < -0.3 is 19.9 Å². The van der Waals surface area contributed by atoms with E-state index in [1.54, 1.807) is 37.1 Å². The number of nitrogens with zero attached hydrogens (tertiary/aromatic N) is 3. The predicted molar refractivity (Wildman–Crippen MR) is 77.0 cm³/mol. The van der Waals surface area contributed by atoms with E-state index in [0.29, 0.717) is 17.4 Å². The molecule has 2 aromatic rings. The number of carbonyl (C=O) groups is 1. The number of carboxylic acids is 1. The maximum Gasteiger partial charge on any atom is 0.352 e. The molecule has 0 radical (unpaired) electrons. The van der Waals surface area contributed by atoms with E-state index < -0.39 is 12.0 Å². The van der Waals surface area contributed by atoms with Crippen LogP contribution in [0.4, 0.5) is 5.95 Å². The van der Waals surface area contributed by atoms with E-state index in [9.17, 15) is 9.90 Å². The molecule has 114 valence electrons. The van der Waals surface area contributed by atoms with Crippen molar-refractivity contribution in [1.82, 2.24) is 14.8 Å². The number of aromatic nitrogens is 3. The van der Waals surface area contributed by atoms with Gasteiger partial charge in [0.2, 0.25) is 5.95 Å². The number of benzene rings is 1. The van der Waals surface area contributed by atoms with E-state index in [1.807, 2.05) is 6.07 Å². The van der Waals surface area contributed by atoms with Crippen molar-refractivity contribution in [2.24, 2.45) is 0 Å². The van der Waals surface area contributed by atoms with Crippen molar-refractivity contribution in [3.8, 4) is 11.5 Å². The molecule has 0 fully saturated rings.